The number of aliphatic carboxylic acids is 1. The lowest BCUT2D eigenvalue weighted by Crippen LogP contribution is -2.51. The number of carbonyl (C=O) groups is 2. The van der Waals surface area contributed by atoms with Gasteiger partial charge >= 0.3 is 5.97 Å². The smallest absolute Gasteiger partial charge is 0.329 e. The molecule has 4 atom stereocenters. The highest BCUT2D eigenvalue weighted by molar-refractivity contribution is 6.07. The quantitative estimate of drug-likeness (QED) is 0.174. The van der Waals surface area contributed by atoms with Gasteiger partial charge in [0.1, 0.15) is 29.8 Å². The maximum atomic E-state index is 13.5. The van der Waals surface area contributed by atoms with E-state index in [1.165, 1.54) is 10.8 Å². The highest BCUT2D eigenvalue weighted by Crippen LogP contribution is 2.40. The molecule has 222 valence electrons. The van der Waals surface area contributed by atoms with E-state index in [2.05, 4.69) is 0 Å². The van der Waals surface area contributed by atoms with E-state index >= 15 is 0 Å². The number of hydrogen-bond donors (Lipinski definition) is 1. The summed E-state index contributed by atoms with van der Waals surface area (Å²) in [6.07, 6.45) is -1.18. The van der Waals surface area contributed by atoms with Crippen LogP contribution in [0.2, 0.25) is 0 Å². The van der Waals surface area contributed by atoms with Crippen LogP contribution >= 0.6 is 0 Å². The van der Waals surface area contributed by atoms with E-state index in [-0.39, 0.29) is 31.3 Å². The first-order valence-corrected chi connectivity index (χ1v) is 14.5. The Morgan fingerprint density at radius 1 is 0.636 bits per heavy atom. The summed E-state index contributed by atoms with van der Waals surface area (Å²) in [6.45, 7) is 0.575. The minimum atomic E-state index is -1.23. The monoisotopic (exact) mass is 588 g/mol. The molecule has 1 aromatic heterocycles. The summed E-state index contributed by atoms with van der Waals surface area (Å²) >= 11 is 0. The van der Waals surface area contributed by atoms with Gasteiger partial charge < -0.3 is 23.9 Å². The lowest BCUT2D eigenvalue weighted by molar-refractivity contribution is -0.191. The molecule has 44 heavy (non-hydrogen) atoms. The highest BCUT2D eigenvalue weighted by Gasteiger charge is 2.50. The van der Waals surface area contributed by atoms with Gasteiger partial charge in [0.15, 0.2) is 6.04 Å². The molecule has 2 heterocycles. The molecule has 0 radical (unpaired) electrons. The molecule has 0 spiro atoms. The van der Waals surface area contributed by atoms with E-state index in [4.69, 9.17) is 19.2 Å². The van der Waals surface area contributed by atoms with Crippen LogP contribution in [-0.4, -0.2) is 38.6 Å². The van der Waals surface area contributed by atoms with Crippen molar-refractivity contribution in [3.05, 3.63) is 161 Å². The van der Waals surface area contributed by atoms with Crippen LogP contribution in [0.3, 0.4) is 0 Å². The molecule has 0 amide bonds. The standard InChI is InChI=1S/C36H32N2O6/c39-31(28-19-11-4-12-20-28)29-21-38-30(36(40)41)32(42-22-25-13-5-1-6-14-25)33(43-23-26-15-7-2-8-16-26)34(35(38)37-29)44-24-27-17-9-3-10-18-27/h1-21,30,32-34H,22-24H2,(H,40,41)/t30-,32+,33-,34+/m0/s1. The average Bonchev–Trinajstić information content (AvgIpc) is 3.51. The maximum absolute atomic E-state index is 13.5. The summed E-state index contributed by atoms with van der Waals surface area (Å²) in [6, 6.07) is 36.4. The van der Waals surface area contributed by atoms with Crippen molar-refractivity contribution < 1.29 is 28.9 Å². The van der Waals surface area contributed by atoms with Crippen molar-refractivity contribution in [1.29, 1.82) is 0 Å². The van der Waals surface area contributed by atoms with Crippen LogP contribution in [0.5, 0.6) is 0 Å². The minimum Gasteiger partial charge on any atom is -0.480 e. The van der Waals surface area contributed by atoms with Crippen molar-refractivity contribution in [3.8, 4) is 0 Å². The van der Waals surface area contributed by atoms with Gasteiger partial charge in [-0.05, 0) is 16.7 Å². The zero-order valence-electron chi connectivity index (χ0n) is 23.9. The molecule has 0 saturated heterocycles. The maximum Gasteiger partial charge on any atom is 0.329 e. The third-order valence-electron chi connectivity index (χ3n) is 7.61. The lowest BCUT2D eigenvalue weighted by Gasteiger charge is -2.41. The number of imidazole rings is 1. The minimum absolute atomic E-state index is 0.122. The van der Waals surface area contributed by atoms with Crippen LogP contribution in [0, 0.1) is 0 Å². The van der Waals surface area contributed by atoms with Gasteiger partial charge in [-0.25, -0.2) is 9.78 Å². The second-order valence-electron chi connectivity index (χ2n) is 10.6. The zero-order chi connectivity index (χ0) is 30.3. The number of carbonyl (C=O) groups excluding carboxylic acids is 1. The van der Waals surface area contributed by atoms with Gasteiger partial charge in [-0.15, -0.1) is 0 Å². The molecule has 8 nitrogen and oxygen atoms in total. The molecule has 0 bridgehead atoms. The predicted molar refractivity (Wildman–Crippen MR) is 163 cm³/mol. The number of ether oxygens (including phenoxy) is 3. The van der Waals surface area contributed by atoms with Gasteiger partial charge in [-0.2, -0.15) is 0 Å². The zero-order valence-corrected chi connectivity index (χ0v) is 23.9. The fourth-order valence-corrected chi connectivity index (χ4v) is 5.44. The molecule has 5 aromatic rings. The molecule has 0 unspecified atom stereocenters. The number of aromatic nitrogens is 2. The van der Waals surface area contributed by atoms with Gasteiger partial charge in [0.25, 0.3) is 0 Å². The second kappa shape index (κ2) is 13.6. The van der Waals surface area contributed by atoms with Gasteiger partial charge in [0.05, 0.1) is 19.8 Å². The SMILES string of the molecule is O=C(c1ccccc1)c1cn2c(n1)[C@H](OCc1ccccc1)[C@@H](OCc1ccccc1)[C@H](OCc1ccccc1)[C@H]2C(=O)O. The Morgan fingerprint density at radius 3 is 1.59 bits per heavy atom. The summed E-state index contributed by atoms with van der Waals surface area (Å²) in [5, 5.41) is 10.6. The molecular weight excluding hydrogens is 556 g/mol. The second-order valence-corrected chi connectivity index (χ2v) is 10.6. The van der Waals surface area contributed by atoms with E-state index in [1.807, 2.05) is 97.1 Å². The number of ketones is 1. The molecule has 0 saturated carbocycles. The number of fused-ring (bicyclic) bond motifs is 1. The van der Waals surface area contributed by atoms with E-state index in [9.17, 15) is 14.7 Å². The molecule has 0 fully saturated rings. The van der Waals surface area contributed by atoms with Crippen molar-refractivity contribution in [1.82, 2.24) is 9.55 Å². The van der Waals surface area contributed by atoms with Gasteiger partial charge in [0, 0.05) is 11.8 Å². The van der Waals surface area contributed by atoms with Crippen molar-refractivity contribution in [2.75, 3.05) is 0 Å². The Labute approximate surface area is 255 Å². The fraction of sp³-hybridized carbons (Fsp3) is 0.194. The summed E-state index contributed by atoms with van der Waals surface area (Å²) in [4.78, 5) is 31.2. The Morgan fingerprint density at radius 2 is 1.09 bits per heavy atom. The molecular formula is C36H32N2O6. The molecule has 8 heteroatoms. The first-order valence-electron chi connectivity index (χ1n) is 14.5. The number of rotatable bonds is 12. The van der Waals surface area contributed by atoms with Crippen LogP contribution in [-0.2, 0) is 38.8 Å². The number of carboxylic acid groups (broad SMARTS) is 1. The molecule has 1 aliphatic heterocycles. The first kappa shape index (κ1) is 29.2. The van der Waals surface area contributed by atoms with Gasteiger partial charge in [-0.1, -0.05) is 121 Å². The average molecular weight is 589 g/mol. The highest BCUT2D eigenvalue weighted by atomic mass is 16.6. The number of benzene rings is 4. The summed E-state index contributed by atoms with van der Waals surface area (Å²) in [5.74, 6) is -1.15. The third-order valence-corrected chi connectivity index (χ3v) is 7.61. The van der Waals surface area contributed by atoms with Crippen LogP contribution in [0.25, 0.3) is 0 Å². The molecule has 0 aliphatic carbocycles. The Hall–Kier alpha value is -4.89. The Bertz CT molecular complexity index is 1680. The lowest BCUT2D eigenvalue weighted by atomic mass is 9.94. The largest absolute Gasteiger partial charge is 0.480 e. The van der Waals surface area contributed by atoms with E-state index in [1.54, 1.807) is 24.3 Å². The van der Waals surface area contributed by atoms with Gasteiger partial charge in [0.2, 0.25) is 5.78 Å². The summed E-state index contributed by atoms with van der Waals surface area (Å²) in [5.41, 5.74) is 3.30. The van der Waals surface area contributed by atoms with E-state index < -0.39 is 30.3 Å². The normalized spacial score (nSPS) is 19.3. The van der Waals surface area contributed by atoms with Crippen LogP contribution < -0.4 is 0 Å². The van der Waals surface area contributed by atoms with Gasteiger partial charge in [-0.3, -0.25) is 4.79 Å². The summed E-state index contributed by atoms with van der Waals surface area (Å²) < 4.78 is 20.9. The topological polar surface area (TPSA) is 99.9 Å². The summed E-state index contributed by atoms with van der Waals surface area (Å²) in [7, 11) is 0. The Balaban J connectivity index is 1.42. The van der Waals surface area contributed by atoms with Crippen LogP contribution in [0.15, 0.2) is 128 Å². The molecule has 1 aliphatic rings. The number of carboxylic acids is 1. The molecule has 6 rings (SSSR count). The third kappa shape index (κ3) is 6.53. The molecule has 4 aromatic carbocycles. The molecule has 1 N–H and O–H groups in total. The van der Waals surface area contributed by atoms with E-state index in [0.29, 0.717) is 11.4 Å². The Kier molecular flexibility index (Phi) is 9.03. The van der Waals surface area contributed by atoms with Crippen LogP contribution in [0.1, 0.15) is 50.7 Å². The van der Waals surface area contributed by atoms with E-state index in [0.717, 1.165) is 16.7 Å². The van der Waals surface area contributed by atoms with Crippen molar-refractivity contribution >= 4 is 11.8 Å². The number of hydrogen-bond acceptors (Lipinski definition) is 6. The van der Waals surface area contributed by atoms with Crippen LogP contribution in [0.4, 0.5) is 0 Å². The predicted octanol–water partition coefficient (Wildman–Crippen LogP) is 6.18. The first-order chi connectivity index (χ1) is 21.6. The fourth-order valence-electron chi connectivity index (χ4n) is 5.44. The number of nitrogens with zero attached hydrogens (tertiary/aromatic N) is 2. The van der Waals surface area contributed by atoms with Crippen molar-refractivity contribution in [2.45, 2.75) is 44.2 Å². The van der Waals surface area contributed by atoms with Crippen molar-refractivity contribution in [2.24, 2.45) is 0 Å². The van der Waals surface area contributed by atoms with Crippen molar-refractivity contribution in [3.63, 3.8) is 0 Å².